The number of carbonyl (C=O) groups excluding carboxylic acids is 3. The van der Waals surface area contributed by atoms with Crippen molar-refractivity contribution in [3.8, 4) is 0 Å². The number of carboxylic acid groups (broad SMARTS) is 1. The van der Waals surface area contributed by atoms with Crippen molar-refractivity contribution >= 4 is 23.6 Å². The van der Waals surface area contributed by atoms with Crippen molar-refractivity contribution in [2.45, 2.75) is 37.9 Å². The minimum atomic E-state index is -1.58. The smallest absolute Gasteiger partial charge is 0.374 e. The topological polar surface area (TPSA) is 107 Å². The summed E-state index contributed by atoms with van der Waals surface area (Å²) in [5, 5.41) is 11.0. The fourth-order valence-corrected chi connectivity index (χ4v) is 2.99. The maximum absolute atomic E-state index is 12.2. The lowest BCUT2D eigenvalue weighted by molar-refractivity contribution is -0.151. The van der Waals surface area contributed by atoms with E-state index in [0.717, 1.165) is 13.0 Å². The fourth-order valence-electron chi connectivity index (χ4n) is 2.99. The summed E-state index contributed by atoms with van der Waals surface area (Å²) in [5.74, 6) is -3.22. The van der Waals surface area contributed by atoms with E-state index in [0.29, 0.717) is 6.42 Å². The molecule has 0 aromatic heterocycles. The molecule has 8 nitrogen and oxygen atoms in total. The molecular formula is C13H19N3O5. The molecule has 116 valence electrons. The second-order valence-corrected chi connectivity index (χ2v) is 5.64. The number of likely N-dealkylation sites (N-methyl/N-ethyl adjacent to an activating group) is 1. The van der Waals surface area contributed by atoms with Gasteiger partial charge in [-0.25, -0.2) is 4.79 Å². The summed E-state index contributed by atoms with van der Waals surface area (Å²) in [6.07, 6.45) is 1.26. The molecule has 2 amide bonds. The minimum absolute atomic E-state index is 0.0116. The van der Waals surface area contributed by atoms with Crippen molar-refractivity contribution in [1.29, 1.82) is 0 Å². The Bertz CT molecular complexity index is 492. The van der Waals surface area contributed by atoms with Gasteiger partial charge in [-0.05, 0) is 26.8 Å². The molecule has 0 aliphatic carbocycles. The van der Waals surface area contributed by atoms with Gasteiger partial charge in [-0.1, -0.05) is 0 Å². The Morgan fingerprint density at radius 1 is 1.33 bits per heavy atom. The molecule has 2 aliphatic heterocycles. The molecule has 2 heterocycles. The van der Waals surface area contributed by atoms with Gasteiger partial charge in [0.25, 0.3) is 5.78 Å². The van der Waals surface area contributed by atoms with Gasteiger partial charge in [0.15, 0.2) is 0 Å². The highest BCUT2D eigenvalue weighted by molar-refractivity contribution is 6.35. The lowest BCUT2D eigenvalue weighted by Gasteiger charge is -2.37. The quantitative estimate of drug-likeness (QED) is 0.608. The molecule has 0 spiro atoms. The number of carboxylic acids is 1. The van der Waals surface area contributed by atoms with E-state index >= 15 is 0 Å². The van der Waals surface area contributed by atoms with Gasteiger partial charge in [-0.15, -0.1) is 0 Å². The lowest BCUT2D eigenvalue weighted by Crippen LogP contribution is -2.58. The van der Waals surface area contributed by atoms with Crippen molar-refractivity contribution in [2.75, 3.05) is 20.1 Å². The van der Waals surface area contributed by atoms with Crippen molar-refractivity contribution in [3.05, 3.63) is 0 Å². The first-order valence-corrected chi connectivity index (χ1v) is 6.88. The number of carbonyl (C=O) groups is 4. The summed E-state index contributed by atoms with van der Waals surface area (Å²) in [5.41, 5.74) is 0. The van der Waals surface area contributed by atoms with Crippen molar-refractivity contribution in [1.82, 2.24) is 15.1 Å². The molecular weight excluding hydrogens is 278 g/mol. The van der Waals surface area contributed by atoms with Crippen molar-refractivity contribution < 1.29 is 24.3 Å². The highest BCUT2D eigenvalue weighted by Crippen LogP contribution is 2.27. The molecule has 2 rings (SSSR count). The van der Waals surface area contributed by atoms with E-state index < -0.39 is 29.7 Å². The molecule has 0 aromatic carbocycles. The maximum Gasteiger partial charge on any atom is 0.374 e. The monoisotopic (exact) mass is 297 g/mol. The Hall–Kier alpha value is -1.96. The number of hydrogen-bond donors (Lipinski definition) is 2. The zero-order valence-electron chi connectivity index (χ0n) is 12.0. The first-order chi connectivity index (χ1) is 9.81. The van der Waals surface area contributed by atoms with Crippen LogP contribution in [0.15, 0.2) is 0 Å². The van der Waals surface area contributed by atoms with Crippen LogP contribution >= 0.6 is 0 Å². The molecule has 3 atom stereocenters. The van der Waals surface area contributed by atoms with E-state index in [9.17, 15) is 19.2 Å². The van der Waals surface area contributed by atoms with E-state index in [-0.39, 0.29) is 18.5 Å². The summed E-state index contributed by atoms with van der Waals surface area (Å²) < 4.78 is 0. The van der Waals surface area contributed by atoms with Gasteiger partial charge in [-0.2, -0.15) is 0 Å². The number of Topliss-reactive ketones (excluding diaryl/α,β-unsaturated/α-hetero) is 1. The van der Waals surface area contributed by atoms with E-state index in [4.69, 9.17) is 5.11 Å². The first-order valence-electron chi connectivity index (χ1n) is 6.88. The second-order valence-electron chi connectivity index (χ2n) is 5.64. The number of rotatable bonds is 4. The second kappa shape index (κ2) is 5.80. The van der Waals surface area contributed by atoms with E-state index in [2.05, 4.69) is 5.32 Å². The minimum Gasteiger partial charge on any atom is -0.475 e. The Balaban J connectivity index is 2.02. The Morgan fingerprint density at radius 3 is 2.62 bits per heavy atom. The predicted molar refractivity (Wildman–Crippen MR) is 71.4 cm³/mol. The standard InChI is InChI=1S/C13H19N3O5/c1-7(11(18)13(20)21)14-12(19)9-4-3-8-5-15(2)6-10(17)16(8)9/h7-9H,3-6H2,1-2H3,(H,14,19)(H,20,21). The molecule has 0 aromatic rings. The molecule has 0 saturated carbocycles. The van der Waals surface area contributed by atoms with Crippen LogP contribution in [0.4, 0.5) is 0 Å². The first kappa shape index (κ1) is 15.4. The van der Waals surface area contributed by atoms with Crippen LogP contribution in [0.5, 0.6) is 0 Å². The third kappa shape index (κ3) is 3.05. The number of fused-ring (bicyclic) bond motifs is 1. The number of nitrogens with zero attached hydrogens (tertiary/aromatic N) is 2. The Labute approximate surface area is 122 Å². The number of amides is 2. The Kier molecular flexibility index (Phi) is 4.26. The lowest BCUT2D eigenvalue weighted by atomic mass is 10.1. The van der Waals surface area contributed by atoms with Crippen molar-refractivity contribution in [3.63, 3.8) is 0 Å². The number of ketones is 1. The molecule has 2 aliphatic rings. The summed E-state index contributed by atoms with van der Waals surface area (Å²) in [6.45, 7) is 2.32. The van der Waals surface area contributed by atoms with Gasteiger partial charge in [0, 0.05) is 12.6 Å². The van der Waals surface area contributed by atoms with Crippen LogP contribution in [0, 0.1) is 0 Å². The van der Waals surface area contributed by atoms with Crippen LogP contribution in [-0.2, 0) is 19.2 Å². The molecule has 2 saturated heterocycles. The predicted octanol–water partition coefficient (Wildman–Crippen LogP) is -1.55. The van der Waals surface area contributed by atoms with Gasteiger partial charge < -0.3 is 15.3 Å². The highest BCUT2D eigenvalue weighted by atomic mass is 16.4. The fraction of sp³-hybridized carbons (Fsp3) is 0.692. The van der Waals surface area contributed by atoms with E-state index in [1.807, 2.05) is 11.9 Å². The zero-order chi connectivity index (χ0) is 15.7. The van der Waals surface area contributed by atoms with Gasteiger partial charge in [0.2, 0.25) is 11.8 Å². The molecule has 3 unspecified atom stereocenters. The van der Waals surface area contributed by atoms with Gasteiger partial charge in [-0.3, -0.25) is 19.3 Å². The number of nitrogens with one attached hydrogen (secondary N) is 1. The summed E-state index contributed by atoms with van der Waals surface area (Å²) in [4.78, 5) is 49.6. The van der Waals surface area contributed by atoms with Gasteiger partial charge >= 0.3 is 5.97 Å². The average Bonchev–Trinajstić information content (AvgIpc) is 2.81. The summed E-state index contributed by atoms with van der Waals surface area (Å²) in [7, 11) is 1.86. The molecule has 0 radical (unpaired) electrons. The van der Waals surface area contributed by atoms with Crippen LogP contribution in [0.25, 0.3) is 0 Å². The molecule has 0 bridgehead atoms. The van der Waals surface area contributed by atoms with Crippen LogP contribution in [0.1, 0.15) is 19.8 Å². The van der Waals surface area contributed by atoms with E-state index in [1.54, 1.807) is 4.90 Å². The number of hydrogen-bond acceptors (Lipinski definition) is 5. The molecule has 2 N–H and O–H groups in total. The highest BCUT2D eigenvalue weighted by Gasteiger charge is 2.44. The van der Waals surface area contributed by atoms with E-state index in [1.165, 1.54) is 6.92 Å². The average molecular weight is 297 g/mol. The van der Waals surface area contributed by atoms with Crippen LogP contribution in [-0.4, -0.2) is 76.7 Å². The molecule has 21 heavy (non-hydrogen) atoms. The SMILES string of the molecule is CC(NC(=O)C1CCC2CN(C)CC(=O)N21)C(=O)C(=O)O. The third-order valence-electron chi connectivity index (χ3n) is 3.98. The van der Waals surface area contributed by atoms with Gasteiger partial charge in [0.05, 0.1) is 12.6 Å². The molecule has 8 heteroatoms. The van der Waals surface area contributed by atoms with Crippen LogP contribution in [0.3, 0.4) is 0 Å². The van der Waals surface area contributed by atoms with Crippen molar-refractivity contribution in [2.24, 2.45) is 0 Å². The van der Waals surface area contributed by atoms with Crippen LogP contribution in [0.2, 0.25) is 0 Å². The normalized spacial score (nSPS) is 27.1. The molecule has 2 fully saturated rings. The zero-order valence-corrected chi connectivity index (χ0v) is 12.0. The Morgan fingerprint density at radius 2 is 2.00 bits per heavy atom. The number of piperazine rings is 1. The maximum atomic E-state index is 12.2. The van der Waals surface area contributed by atoms with Gasteiger partial charge in [0.1, 0.15) is 6.04 Å². The summed E-state index contributed by atoms with van der Waals surface area (Å²) >= 11 is 0. The van der Waals surface area contributed by atoms with Crippen LogP contribution < -0.4 is 5.32 Å². The largest absolute Gasteiger partial charge is 0.475 e. The summed E-state index contributed by atoms with van der Waals surface area (Å²) in [6, 6.07) is -1.70. The third-order valence-corrected chi connectivity index (χ3v) is 3.98. The number of aliphatic carboxylic acids is 1.